The Morgan fingerprint density at radius 2 is 1.71 bits per heavy atom. The lowest BCUT2D eigenvalue weighted by Crippen LogP contribution is -2.24. The molecule has 8 heteroatoms. The minimum absolute atomic E-state index is 0.148. The number of benzene rings is 2. The molecule has 0 saturated carbocycles. The first-order chi connectivity index (χ1) is 13.3. The Morgan fingerprint density at radius 3 is 2.43 bits per heavy atom. The Bertz CT molecular complexity index is 1030. The Labute approximate surface area is 158 Å². The van der Waals surface area contributed by atoms with Crippen LogP contribution in [0.1, 0.15) is 21.5 Å². The van der Waals surface area contributed by atoms with E-state index in [0.717, 1.165) is 5.56 Å². The summed E-state index contributed by atoms with van der Waals surface area (Å²) in [4.78, 5) is 26.9. The zero-order valence-electron chi connectivity index (χ0n) is 14.7. The maximum Gasteiger partial charge on any atom is 0.411 e. The predicted molar refractivity (Wildman–Crippen MR) is 97.9 cm³/mol. The number of alkyl halides is 3. The summed E-state index contributed by atoms with van der Waals surface area (Å²) in [6.07, 6.45) is -4.35. The minimum atomic E-state index is -4.35. The molecule has 0 radical (unpaired) electrons. The summed E-state index contributed by atoms with van der Waals surface area (Å²) in [5.41, 5.74) is 1.84. The van der Waals surface area contributed by atoms with Crippen LogP contribution in [0.15, 0.2) is 59.4 Å². The monoisotopic (exact) mass is 390 g/mol. The molecule has 28 heavy (non-hydrogen) atoms. The third kappa shape index (κ3) is 5.20. The standard InChI is InChI=1S/C20H17F3N2O3/c21-20(22,23)12-28-11-14-7-5-13(6-8-14)10-24-19(27)16-9-18(26)25-17-4-2-1-3-15(16)17/h1-9H,10-12H2,(H,24,27)(H,25,26). The van der Waals surface area contributed by atoms with Gasteiger partial charge >= 0.3 is 6.18 Å². The van der Waals surface area contributed by atoms with Crippen LogP contribution < -0.4 is 10.9 Å². The number of hydrogen-bond acceptors (Lipinski definition) is 3. The normalized spacial score (nSPS) is 11.5. The number of fused-ring (bicyclic) bond motifs is 1. The van der Waals surface area contributed by atoms with Gasteiger partial charge in [-0.05, 0) is 17.2 Å². The third-order valence-electron chi connectivity index (χ3n) is 4.01. The Hall–Kier alpha value is -3.13. The van der Waals surface area contributed by atoms with Crippen molar-refractivity contribution in [3.8, 4) is 0 Å². The van der Waals surface area contributed by atoms with Crippen molar-refractivity contribution >= 4 is 16.8 Å². The number of halogens is 3. The van der Waals surface area contributed by atoms with Crippen molar-refractivity contribution in [3.63, 3.8) is 0 Å². The fourth-order valence-electron chi connectivity index (χ4n) is 2.71. The zero-order chi connectivity index (χ0) is 20.1. The highest BCUT2D eigenvalue weighted by molar-refractivity contribution is 6.05. The number of carbonyl (C=O) groups is 1. The number of H-pyrrole nitrogens is 1. The summed E-state index contributed by atoms with van der Waals surface area (Å²) in [5, 5.41) is 3.38. The maximum atomic E-state index is 12.5. The fourth-order valence-corrected chi connectivity index (χ4v) is 2.71. The minimum Gasteiger partial charge on any atom is -0.367 e. The molecular formula is C20H17F3N2O3. The molecule has 2 aromatic carbocycles. The van der Waals surface area contributed by atoms with Crippen LogP contribution in [-0.2, 0) is 17.9 Å². The lowest BCUT2D eigenvalue weighted by molar-refractivity contribution is -0.176. The summed E-state index contributed by atoms with van der Waals surface area (Å²) in [5.74, 6) is -0.389. The fraction of sp³-hybridized carbons (Fsp3) is 0.200. The first-order valence-corrected chi connectivity index (χ1v) is 8.44. The number of aromatic amines is 1. The van der Waals surface area contributed by atoms with E-state index in [-0.39, 0.29) is 30.2 Å². The van der Waals surface area contributed by atoms with Crippen LogP contribution in [-0.4, -0.2) is 23.7 Å². The molecule has 1 aromatic heterocycles. The van der Waals surface area contributed by atoms with E-state index in [1.54, 1.807) is 48.5 Å². The van der Waals surface area contributed by atoms with E-state index >= 15 is 0 Å². The number of amides is 1. The van der Waals surface area contributed by atoms with E-state index in [0.29, 0.717) is 16.5 Å². The van der Waals surface area contributed by atoms with E-state index in [4.69, 9.17) is 0 Å². The van der Waals surface area contributed by atoms with Crippen molar-refractivity contribution in [3.05, 3.63) is 81.6 Å². The number of aromatic nitrogens is 1. The van der Waals surface area contributed by atoms with Crippen LogP contribution in [0.2, 0.25) is 0 Å². The Balaban J connectivity index is 1.62. The van der Waals surface area contributed by atoms with Gasteiger partial charge < -0.3 is 15.0 Å². The van der Waals surface area contributed by atoms with Gasteiger partial charge in [0.2, 0.25) is 5.56 Å². The zero-order valence-corrected chi connectivity index (χ0v) is 14.7. The van der Waals surface area contributed by atoms with E-state index in [2.05, 4.69) is 15.0 Å². The van der Waals surface area contributed by atoms with Gasteiger partial charge in [0.05, 0.1) is 12.2 Å². The highest BCUT2D eigenvalue weighted by Gasteiger charge is 2.27. The van der Waals surface area contributed by atoms with Gasteiger partial charge in [0.15, 0.2) is 0 Å². The topological polar surface area (TPSA) is 71.2 Å². The number of para-hydroxylation sites is 1. The lowest BCUT2D eigenvalue weighted by atomic mass is 10.1. The number of rotatable bonds is 6. The quantitative estimate of drug-likeness (QED) is 0.676. The molecule has 3 aromatic rings. The molecule has 0 saturated heterocycles. The van der Waals surface area contributed by atoms with Crippen LogP contribution in [0.3, 0.4) is 0 Å². The molecule has 0 atom stereocenters. The van der Waals surface area contributed by atoms with E-state index in [1.807, 2.05) is 0 Å². The summed E-state index contributed by atoms with van der Waals surface area (Å²) < 4.78 is 40.8. The number of carbonyl (C=O) groups excluding carboxylic acids is 1. The molecule has 5 nitrogen and oxygen atoms in total. The molecule has 146 valence electrons. The second kappa shape index (κ2) is 8.26. The van der Waals surface area contributed by atoms with Crippen molar-refractivity contribution < 1.29 is 22.7 Å². The van der Waals surface area contributed by atoms with Crippen molar-refractivity contribution in [1.29, 1.82) is 0 Å². The van der Waals surface area contributed by atoms with Crippen LogP contribution in [0, 0.1) is 0 Å². The summed E-state index contributed by atoms with van der Waals surface area (Å²) in [7, 11) is 0. The van der Waals surface area contributed by atoms with Gasteiger partial charge in [-0.3, -0.25) is 9.59 Å². The molecule has 0 spiro atoms. The van der Waals surface area contributed by atoms with Gasteiger partial charge in [0.25, 0.3) is 5.91 Å². The number of hydrogen-bond donors (Lipinski definition) is 2. The van der Waals surface area contributed by atoms with Crippen LogP contribution in [0.4, 0.5) is 13.2 Å². The Kier molecular flexibility index (Phi) is 5.79. The van der Waals surface area contributed by atoms with Crippen molar-refractivity contribution in [2.45, 2.75) is 19.3 Å². The molecule has 0 aliphatic heterocycles. The maximum absolute atomic E-state index is 12.5. The molecule has 0 unspecified atom stereocenters. The first-order valence-electron chi connectivity index (χ1n) is 8.44. The summed E-state index contributed by atoms with van der Waals surface area (Å²) in [6, 6.07) is 14.9. The average molecular weight is 390 g/mol. The van der Waals surface area contributed by atoms with E-state index in [1.165, 1.54) is 6.07 Å². The van der Waals surface area contributed by atoms with Gasteiger partial charge in [-0.25, -0.2) is 0 Å². The van der Waals surface area contributed by atoms with E-state index < -0.39 is 12.8 Å². The molecule has 0 bridgehead atoms. The van der Waals surface area contributed by atoms with E-state index in [9.17, 15) is 22.8 Å². The molecular weight excluding hydrogens is 373 g/mol. The van der Waals surface area contributed by atoms with Crippen LogP contribution in [0.25, 0.3) is 10.9 Å². The molecule has 0 aliphatic rings. The number of nitrogens with one attached hydrogen (secondary N) is 2. The molecule has 1 heterocycles. The highest BCUT2D eigenvalue weighted by atomic mass is 19.4. The third-order valence-corrected chi connectivity index (χ3v) is 4.01. The van der Waals surface area contributed by atoms with Crippen LogP contribution >= 0.6 is 0 Å². The molecule has 0 aliphatic carbocycles. The van der Waals surface area contributed by atoms with Crippen molar-refractivity contribution in [2.75, 3.05) is 6.61 Å². The molecule has 3 rings (SSSR count). The smallest absolute Gasteiger partial charge is 0.367 e. The lowest BCUT2D eigenvalue weighted by Gasteiger charge is -2.10. The van der Waals surface area contributed by atoms with Crippen LogP contribution in [0.5, 0.6) is 0 Å². The van der Waals surface area contributed by atoms with Gasteiger partial charge in [0.1, 0.15) is 6.61 Å². The number of pyridine rings is 1. The predicted octanol–water partition coefficient (Wildman–Crippen LogP) is 3.54. The van der Waals surface area contributed by atoms with Gasteiger partial charge in [-0.2, -0.15) is 13.2 Å². The molecule has 2 N–H and O–H groups in total. The molecule has 0 fully saturated rings. The van der Waals surface area contributed by atoms with Gasteiger partial charge in [0, 0.05) is 23.5 Å². The second-order valence-corrected chi connectivity index (χ2v) is 6.20. The largest absolute Gasteiger partial charge is 0.411 e. The second-order valence-electron chi connectivity index (χ2n) is 6.20. The SMILES string of the molecule is O=C(NCc1ccc(COCC(F)(F)F)cc1)c1cc(=O)[nH]c2ccccc12. The number of ether oxygens (including phenoxy) is 1. The summed E-state index contributed by atoms with van der Waals surface area (Å²) in [6.45, 7) is -1.23. The van der Waals surface area contributed by atoms with Crippen molar-refractivity contribution in [1.82, 2.24) is 10.3 Å². The molecule has 1 amide bonds. The summed E-state index contributed by atoms with van der Waals surface area (Å²) >= 11 is 0. The van der Waals surface area contributed by atoms with Crippen molar-refractivity contribution in [2.24, 2.45) is 0 Å². The average Bonchev–Trinajstić information content (AvgIpc) is 2.65. The Morgan fingerprint density at radius 1 is 1.04 bits per heavy atom. The first kappa shape index (κ1) is 19.6. The van der Waals surface area contributed by atoms with Gasteiger partial charge in [-0.1, -0.05) is 42.5 Å². The highest BCUT2D eigenvalue weighted by Crippen LogP contribution is 2.16. The van der Waals surface area contributed by atoms with Gasteiger partial charge in [-0.15, -0.1) is 0 Å².